The summed E-state index contributed by atoms with van der Waals surface area (Å²) in [5.41, 5.74) is -0.488. The molecule has 0 bridgehead atoms. The molecule has 0 radical (unpaired) electrons. The second kappa shape index (κ2) is 4.91. The van der Waals surface area contributed by atoms with Crippen LogP contribution in [0.2, 0.25) is 5.15 Å². The third-order valence-electron chi connectivity index (χ3n) is 2.63. The highest BCUT2D eigenvalue weighted by Crippen LogP contribution is 2.22. The zero-order valence-corrected chi connectivity index (χ0v) is 11.2. The topological polar surface area (TPSA) is 126 Å². The molecule has 1 atom stereocenters. The summed E-state index contributed by atoms with van der Waals surface area (Å²) in [4.78, 5) is 30.4. The summed E-state index contributed by atoms with van der Waals surface area (Å²) in [7, 11) is -3.65. The normalized spacial score (nSPS) is 20.0. The van der Waals surface area contributed by atoms with Crippen LogP contribution in [0, 0.1) is 5.92 Å². The zero-order chi connectivity index (χ0) is 14.2. The minimum Gasteiger partial charge on any atom is -0.292 e. The van der Waals surface area contributed by atoms with Gasteiger partial charge in [-0.15, -0.1) is 0 Å². The molecule has 1 unspecified atom stereocenters. The van der Waals surface area contributed by atoms with Crippen molar-refractivity contribution in [3.8, 4) is 0 Å². The fraction of sp³-hybridized carbons (Fsp3) is 0.444. The molecule has 0 saturated carbocycles. The molecular formula is C9H11ClN4O4S. The van der Waals surface area contributed by atoms with Gasteiger partial charge >= 0.3 is 0 Å². The van der Waals surface area contributed by atoms with Crippen molar-refractivity contribution in [1.82, 2.24) is 9.97 Å². The fourth-order valence-corrected chi connectivity index (χ4v) is 3.03. The molecule has 10 heteroatoms. The number of carbonyl (C=O) groups is 1. The second-order valence-corrected chi connectivity index (χ2v) is 6.34. The summed E-state index contributed by atoms with van der Waals surface area (Å²) in [6.45, 7) is 0.124. The second-order valence-electron chi connectivity index (χ2n) is 4.30. The quantitative estimate of drug-likeness (QED) is 0.697. The smallest absolute Gasteiger partial charge is 0.253 e. The van der Waals surface area contributed by atoms with Crippen molar-refractivity contribution in [2.24, 2.45) is 11.1 Å². The summed E-state index contributed by atoms with van der Waals surface area (Å²) in [5.74, 6) is -1.04. The van der Waals surface area contributed by atoms with Crippen LogP contribution in [0.3, 0.4) is 0 Å². The number of hydrogen-bond acceptors (Lipinski definition) is 5. The number of rotatable bonds is 3. The van der Waals surface area contributed by atoms with E-state index in [0.29, 0.717) is 0 Å². The average Bonchev–Trinajstić information content (AvgIpc) is 2.54. The summed E-state index contributed by atoms with van der Waals surface area (Å²) in [6, 6.07) is 1.08. The number of H-pyrrole nitrogens is 1. The molecule has 0 aliphatic carbocycles. The fourth-order valence-electron chi connectivity index (χ4n) is 1.97. The molecule has 1 saturated heterocycles. The Morgan fingerprint density at radius 1 is 1.53 bits per heavy atom. The largest absolute Gasteiger partial charge is 0.292 e. The number of halogens is 1. The Balaban J connectivity index is 2.22. The van der Waals surface area contributed by atoms with Gasteiger partial charge in [0, 0.05) is 24.9 Å². The standard InChI is InChI=1S/C9H11ClN4O4S/c10-6-2-7(15)13-9(12-6)14-3-5(1-8(14)16)4-19(11,17)18/h2,5H,1,3-4H2,(H2,11,17,18)(H,12,13,15). The molecule has 0 spiro atoms. The first-order valence-corrected chi connectivity index (χ1v) is 7.41. The highest BCUT2D eigenvalue weighted by atomic mass is 35.5. The Morgan fingerprint density at radius 3 is 2.79 bits per heavy atom. The number of nitrogens with one attached hydrogen (secondary N) is 1. The van der Waals surface area contributed by atoms with Crippen LogP contribution < -0.4 is 15.6 Å². The maximum Gasteiger partial charge on any atom is 0.253 e. The lowest BCUT2D eigenvalue weighted by molar-refractivity contribution is -0.117. The van der Waals surface area contributed by atoms with Crippen molar-refractivity contribution in [2.45, 2.75) is 6.42 Å². The van der Waals surface area contributed by atoms with Gasteiger partial charge in [0.1, 0.15) is 5.15 Å². The van der Waals surface area contributed by atoms with Crippen LogP contribution in [0.1, 0.15) is 6.42 Å². The Morgan fingerprint density at radius 2 is 2.21 bits per heavy atom. The highest BCUT2D eigenvalue weighted by Gasteiger charge is 2.34. The molecule has 1 aliphatic heterocycles. The molecular weight excluding hydrogens is 296 g/mol. The van der Waals surface area contributed by atoms with Gasteiger partial charge in [-0.3, -0.25) is 19.5 Å². The third-order valence-corrected chi connectivity index (χ3v) is 3.76. The van der Waals surface area contributed by atoms with Crippen LogP contribution in [0.15, 0.2) is 10.9 Å². The van der Waals surface area contributed by atoms with Crippen molar-refractivity contribution < 1.29 is 13.2 Å². The predicted octanol–water partition coefficient (Wildman–Crippen LogP) is -0.935. The van der Waals surface area contributed by atoms with Crippen molar-refractivity contribution in [3.63, 3.8) is 0 Å². The molecule has 19 heavy (non-hydrogen) atoms. The molecule has 1 fully saturated rings. The minimum atomic E-state index is -3.65. The SMILES string of the molecule is NS(=O)(=O)CC1CC(=O)N(c2nc(Cl)cc(=O)[nH]2)C1. The minimum absolute atomic E-state index is 0.0134. The lowest BCUT2D eigenvalue weighted by Gasteiger charge is -2.14. The number of carbonyl (C=O) groups excluding carboxylic acids is 1. The summed E-state index contributed by atoms with van der Waals surface area (Å²) < 4.78 is 22.0. The monoisotopic (exact) mass is 306 g/mol. The first-order valence-electron chi connectivity index (χ1n) is 5.32. The summed E-state index contributed by atoms with van der Waals surface area (Å²) >= 11 is 5.63. The predicted molar refractivity (Wildman–Crippen MR) is 68.3 cm³/mol. The number of sulfonamides is 1. The van der Waals surface area contributed by atoms with E-state index in [1.54, 1.807) is 0 Å². The first kappa shape index (κ1) is 14.0. The van der Waals surface area contributed by atoms with Crippen LogP contribution in [0.4, 0.5) is 5.95 Å². The molecule has 1 aromatic rings. The van der Waals surface area contributed by atoms with E-state index in [9.17, 15) is 18.0 Å². The Labute approximate surface area is 113 Å². The molecule has 0 aromatic carbocycles. The summed E-state index contributed by atoms with van der Waals surface area (Å²) in [6.07, 6.45) is 0.0344. The van der Waals surface area contributed by atoms with Gasteiger partial charge in [-0.25, -0.2) is 18.5 Å². The van der Waals surface area contributed by atoms with Crippen LogP contribution >= 0.6 is 11.6 Å². The Hall–Kier alpha value is -1.45. The van der Waals surface area contributed by atoms with E-state index in [0.717, 1.165) is 6.07 Å². The number of amides is 1. The molecule has 8 nitrogen and oxygen atoms in total. The number of nitrogens with two attached hydrogens (primary N) is 1. The highest BCUT2D eigenvalue weighted by molar-refractivity contribution is 7.89. The number of hydrogen-bond donors (Lipinski definition) is 2. The number of aromatic nitrogens is 2. The van der Waals surface area contributed by atoms with E-state index in [1.807, 2.05) is 0 Å². The van der Waals surface area contributed by atoms with Gasteiger partial charge in [-0.2, -0.15) is 0 Å². The number of primary sulfonamides is 1. The molecule has 3 N–H and O–H groups in total. The number of nitrogens with zero attached hydrogens (tertiary/aromatic N) is 2. The maximum absolute atomic E-state index is 11.8. The zero-order valence-electron chi connectivity index (χ0n) is 9.67. The Bertz CT molecular complexity index is 671. The Kier molecular flexibility index (Phi) is 3.61. The molecule has 2 rings (SSSR count). The van der Waals surface area contributed by atoms with Gasteiger partial charge in [0.25, 0.3) is 5.56 Å². The summed E-state index contributed by atoms with van der Waals surface area (Å²) in [5, 5.41) is 4.90. The van der Waals surface area contributed by atoms with E-state index in [2.05, 4.69) is 9.97 Å². The van der Waals surface area contributed by atoms with Crippen molar-refractivity contribution >= 4 is 33.5 Å². The van der Waals surface area contributed by atoms with Crippen LogP contribution in [-0.2, 0) is 14.8 Å². The lowest BCUT2D eigenvalue weighted by atomic mass is 10.1. The van der Waals surface area contributed by atoms with Gasteiger partial charge in [-0.1, -0.05) is 11.6 Å². The van der Waals surface area contributed by atoms with Gasteiger partial charge in [0.15, 0.2) is 0 Å². The van der Waals surface area contributed by atoms with Crippen LogP contribution in [0.5, 0.6) is 0 Å². The molecule has 1 amide bonds. The van der Waals surface area contributed by atoms with E-state index >= 15 is 0 Å². The van der Waals surface area contributed by atoms with E-state index in [4.69, 9.17) is 16.7 Å². The number of anilines is 1. The van der Waals surface area contributed by atoms with E-state index in [-0.39, 0.29) is 35.7 Å². The van der Waals surface area contributed by atoms with Gasteiger partial charge in [0.05, 0.1) is 5.75 Å². The molecule has 104 valence electrons. The lowest BCUT2D eigenvalue weighted by Crippen LogP contribution is -2.30. The molecule has 2 heterocycles. The van der Waals surface area contributed by atoms with Crippen molar-refractivity contribution in [3.05, 3.63) is 21.6 Å². The van der Waals surface area contributed by atoms with Gasteiger partial charge in [0.2, 0.25) is 21.9 Å². The maximum atomic E-state index is 11.8. The van der Waals surface area contributed by atoms with E-state index < -0.39 is 21.5 Å². The first-order chi connectivity index (χ1) is 8.74. The molecule has 1 aliphatic rings. The third kappa shape index (κ3) is 3.52. The molecule has 1 aromatic heterocycles. The van der Waals surface area contributed by atoms with Gasteiger partial charge in [-0.05, 0) is 0 Å². The van der Waals surface area contributed by atoms with Crippen molar-refractivity contribution in [2.75, 3.05) is 17.2 Å². The van der Waals surface area contributed by atoms with Gasteiger partial charge < -0.3 is 0 Å². The average molecular weight is 307 g/mol. The van der Waals surface area contributed by atoms with E-state index in [1.165, 1.54) is 4.90 Å². The number of aromatic amines is 1. The van der Waals surface area contributed by atoms with Crippen LogP contribution in [0.25, 0.3) is 0 Å². The van der Waals surface area contributed by atoms with Crippen molar-refractivity contribution in [1.29, 1.82) is 0 Å². The van der Waals surface area contributed by atoms with Crippen LogP contribution in [-0.4, -0.2) is 36.6 Å².